The molecule has 6 heteroatoms. The third kappa shape index (κ3) is 4.20. The van der Waals surface area contributed by atoms with Crippen molar-refractivity contribution in [1.82, 2.24) is 9.97 Å². The molecule has 1 aromatic rings. The van der Waals surface area contributed by atoms with Gasteiger partial charge in [-0.2, -0.15) is 0 Å². The predicted molar refractivity (Wildman–Crippen MR) is 64.1 cm³/mol. The lowest BCUT2D eigenvalue weighted by atomic mass is 10.4. The van der Waals surface area contributed by atoms with Gasteiger partial charge in [0, 0.05) is 13.2 Å². The van der Waals surface area contributed by atoms with Crippen LogP contribution in [-0.4, -0.2) is 29.7 Å². The molecule has 90 valence electrons. The molecule has 0 atom stereocenters. The molecule has 0 bridgehead atoms. The lowest BCUT2D eigenvalue weighted by Gasteiger charge is -2.06. The highest BCUT2D eigenvalue weighted by molar-refractivity contribution is 6.32. The number of ether oxygens (including phenoxy) is 1. The molecule has 2 N–H and O–H groups in total. The van der Waals surface area contributed by atoms with E-state index in [2.05, 4.69) is 22.2 Å². The minimum atomic E-state index is -0.342. The number of halogens is 1. The average Bonchev–Trinajstić information content (AvgIpc) is 2.29. The van der Waals surface area contributed by atoms with E-state index in [1.54, 1.807) is 0 Å². The number of hydrogen-bond donors (Lipinski definition) is 2. The van der Waals surface area contributed by atoms with E-state index < -0.39 is 0 Å². The molecule has 1 aromatic heterocycles. The van der Waals surface area contributed by atoms with E-state index in [-0.39, 0.29) is 10.6 Å². The van der Waals surface area contributed by atoms with Crippen LogP contribution in [0.25, 0.3) is 0 Å². The number of rotatable bonds is 7. The quantitative estimate of drug-likeness (QED) is 0.717. The molecule has 0 saturated carbocycles. The standard InChI is InChI=1S/C10H16ClN3O2/c1-2-3-5-16-6-4-12-9-8(11)10(15)14-7-13-9/h7H,2-6H2,1H3,(H2,12,13,14,15). The summed E-state index contributed by atoms with van der Waals surface area (Å²) in [5.74, 6) is 0.393. The van der Waals surface area contributed by atoms with E-state index in [9.17, 15) is 4.79 Å². The van der Waals surface area contributed by atoms with Gasteiger partial charge >= 0.3 is 0 Å². The number of H-pyrrole nitrogens is 1. The molecule has 0 spiro atoms. The molecule has 0 fully saturated rings. The Morgan fingerprint density at radius 2 is 2.38 bits per heavy atom. The van der Waals surface area contributed by atoms with Gasteiger partial charge in [-0.25, -0.2) is 4.98 Å². The average molecular weight is 246 g/mol. The van der Waals surface area contributed by atoms with Crippen LogP contribution in [0.15, 0.2) is 11.1 Å². The molecule has 0 aliphatic rings. The molecule has 0 amide bonds. The summed E-state index contributed by atoms with van der Waals surface area (Å²) < 4.78 is 5.35. The largest absolute Gasteiger partial charge is 0.380 e. The minimum absolute atomic E-state index is 0.0797. The van der Waals surface area contributed by atoms with Crippen molar-refractivity contribution in [2.24, 2.45) is 0 Å². The van der Waals surface area contributed by atoms with Gasteiger partial charge in [-0.1, -0.05) is 24.9 Å². The summed E-state index contributed by atoms with van der Waals surface area (Å²) in [5, 5.41) is 3.02. The zero-order valence-electron chi connectivity index (χ0n) is 9.25. The molecule has 0 radical (unpaired) electrons. The van der Waals surface area contributed by atoms with Crippen LogP contribution in [0.2, 0.25) is 5.02 Å². The molecule has 0 saturated heterocycles. The second-order valence-electron chi connectivity index (χ2n) is 3.29. The highest BCUT2D eigenvalue weighted by Gasteiger charge is 2.03. The van der Waals surface area contributed by atoms with Crippen LogP contribution in [-0.2, 0) is 4.74 Å². The van der Waals surface area contributed by atoms with Crippen molar-refractivity contribution in [3.05, 3.63) is 21.7 Å². The Kier molecular flexibility index (Phi) is 5.88. The molecule has 5 nitrogen and oxygen atoms in total. The molecular weight excluding hydrogens is 230 g/mol. The summed E-state index contributed by atoms with van der Waals surface area (Å²) in [7, 11) is 0. The fourth-order valence-corrected chi connectivity index (χ4v) is 1.27. The Morgan fingerprint density at radius 3 is 3.12 bits per heavy atom. The Bertz CT molecular complexity index is 367. The van der Waals surface area contributed by atoms with E-state index in [0.717, 1.165) is 19.4 Å². The van der Waals surface area contributed by atoms with Crippen LogP contribution in [0, 0.1) is 0 Å². The van der Waals surface area contributed by atoms with Crippen molar-refractivity contribution >= 4 is 17.4 Å². The van der Waals surface area contributed by atoms with Crippen molar-refractivity contribution in [1.29, 1.82) is 0 Å². The lowest BCUT2D eigenvalue weighted by molar-refractivity contribution is 0.141. The van der Waals surface area contributed by atoms with Gasteiger partial charge in [-0.3, -0.25) is 4.79 Å². The first-order valence-electron chi connectivity index (χ1n) is 5.30. The molecule has 1 heterocycles. The highest BCUT2D eigenvalue weighted by atomic mass is 35.5. The third-order valence-corrected chi connectivity index (χ3v) is 2.33. The van der Waals surface area contributed by atoms with Crippen LogP contribution in [0.3, 0.4) is 0 Å². The second-order valence-corrected chi connectivity index (χ2v) is 3.66. The Balaban J connectivity index is 2.27. The van der Waals surface area contributed by atoms with Crippen LogP contribution in [0.1, 0.15) is 19.8 Å². The first kappa shape index (κ1) is 13.0. The van der Waals surface area contributed by atoms with Crippen LogP contribution in [0.4, 0.5) is 5.82 Å². The zero-order valence-corrected chi connectivity index (χ0v) is 10.0. The van der Waals surface area contributed by atoms with Gasteiger partial charge in [0.05, 0.1) is 12.9 Å². The first-order chi connectivity index (χ1) is 7.75. The molecule has 0 aliphatic carbocycles. The van der Waals surface area contributed by atoms with E-state index in [0.29, 0.717) is 19.0 Å². The highest BCUT2D eigenvalue weighted by Crippen LogP contribution is 2.11. The number of aromatic nitrogens is 2. The van der Waals surface area contributed by atoms with Gasteiger partial charge < -0.3 is 15.0 Å². The monoisotopic (exact) mass is 245 g/mol. The zero-order chi connectivity index (χ0) is 11.8. The summed E-state index contributed by atoms with van der Waals surface area (Å²) in [5.41, 5.74) is -0.342. The first-order valence-corrected chi connectivity index (χ1v) is 5.68. The fourth-order valence-electron chi connectivity index (χ4n) is 1.10. The predicted octanol–water partition coefficient (Wildman–Crippen LogP) is 1.65. The van der Waals surface area contributed by atoms with E-state index in [4.69, 9.17) is 16.3 Å². The Hall–Kier alpha value is -1.07. The maximum absolute atomic E-state index is 11.1. The minimum Gasteiger partial charge on any atom is -0.380 e. The van der Waals surface area contributed by atoms with Crippen LogP contribution < -0.4 is 10.9 Å². The summed E-state index contributed by atoms with van der Waals surface area (Å²) in [6.45, 7) is 4.03. The SMILES string of the molecule is CCCCOCCNc1nc[nH]c(=O)c1Cl. The van der Waals surface area contributed by atoms with E-state index in [1.807, 2.05) is 0 Å². The summed E-state index contributed by atoms with van der Waals surface area (Å²) in [6.07, 6.45) is 3.49. The lowest BCUT2D eigenvalue weighted by Crippen LogP contribution is -2.15. The van der Waals surface area contributed by atoms with Gasteiger partial charge in [-0.15, -0.1) is 0 Å². The smallest absolute Gasteiger partial charge is 0.271 e. The summed E-state index contributed by atoms with van der Waals surface area (Å²) >= 11 is 5.75. The van der Waals surface area contributed by atoms with Gasteiger partial charge in [0.15, 0.2) is 5.82 Å². The number of hydrogen-bond acceptors (Lipinski definition) is 4. The van der Waals surface area contributed by atoms with Crippen molar-refractivity contribution in [2.45, 2.75) is 19.8 Å². The molecule has 1 rings (SSSR count). The normalized spacial score (nSPS) is 10.4. The van der Waals surface area contributed by atoms with E-state index in [1.165, 1.54) is 6.33 Å². The maximum atomic E-state index is 11.1. The molecule has 0 aromatic carbocycles. The van der Waals surface area contributed by atoms with Crippen molar-refractivity contribution in [3.8, 4) is 0 Å². The molecular formula is C10H16ClN3O2. The van der Waals surface area contributed by atoms with E-state index >= 15 is 0 Å². The second kappa shape index (κ2) is 7.24. The van der Waals surface area contributed by atoms with Gasteiger partial charge in [0.2, 0.25) is 0 Å². The fraction of sp³-hybridized carbons (Fsp3) is 0.600. The topological polar surface area (TPSA) is 67.0 Å². The summed E-state index contributed by atoms with van der Waals surface area (Å²) in [4.78, 5) is 17.4. The maximum Gasteiger partial charge on any atom is 0.271 e. The Labute approximate surface area is 99.2 Å². The number of nitrogens with zero attached hydrogens (tertiary/aromatic N) is 1. The molecule has 0 aliphatic heterocycles. The van der Waals surface area contributed by atoms with Crippen molar-refractivity contribution in [3.63, 3.8) is 0 Å². The van der Waals surface area contributed by atoms with Gasteiger partial charge in [0.1, 0.15) is 5.02 Å². The van der Waals surface area contributed by atoms with Crippen LogP contribution in [0.5, 0.6) is 0 Å². The summed E-state index contributed by atoms with van der Waals surface area (Å²) in [6, 6.07) is 0. The number of aromatic amines is 1. The number of anilines is 1. The third-order valence-electron chi connectivity index (χ3n) is 1.98. The van der Waals surface area contributed by atoms with Crippen LogP contribution >= 0.6 is 11.6 Å². The van der Waals surface area contributed by atoms with Gasteiger partial charge in [-0.05, 0) is 6.42 Å². The Morgan fingerprint density at radius 1 is 1.56 bits per heavy atom. The van der Waals surface area contributed by atoms with Gasteiger partial charge in [0.25, 0.3) is 5.56 Å². The molecule has 0 unspecified atom stereocenters. The van der Waals surface area contributed by atoms with Crippen molar-refractivity contribution < 1.29 is 4.74 Å². The molecule has 16 heavy (non-hydrogen) atoms. The number of nitrogens with one attached hydrogen (secondary N) is 2. The van der Waals surface area contributed by atoms with Crippen molar-refractivity contribution in [2.75, 3.05) is 25.1 Å². The number of unbranched alkanes of at least 4 members (excludes halogenated alkanes) is 1.